The molecule has 0 unspecified atom stereocenters. The van der Waals surface area contributed by atoms with Crippen molar-refractivity contribution in [1.82, 2.24) is 19.9 Å². The summed E-state index contributed by atoms with van der Waals surface area (Å²) in [6, 6.07) is 9.94. The summed E-state index contributed by atoms with van der Waals surface area (Å²) in [5.74, 6) is -2.34. The number of nitrogens with one attached hydrogen (secondary N) is 3. The Morgan fingerprint density at radius 1 is 1.08 bits per heavy atom. The zero-order valence-corrected chi connectivity index (χ0v) is 30.1. The van der Waals surface area contributed by atoms with E-state index >= 15 is 0 Å². The van der Waals surface area contributed by atoms with E-state index in [-0.39, 0.29) is 19.4 Å². The fourth-order valence-electron chi connectivity index (χ4n) is 6.95. The number of thiazole rings is 1. The highest BCUT2D eigenvalue weighted by Gasteiger charge is 2.63. The number of rotatable bonds is 7. The summed E-state index contributed by atoms with van der Waals surface area (Å²) in [4.78, 5) is 48.4. The third-order valence-electron chi connectivity index (χ3n) is 10.6. The Morgan fingerprint density at radius 2 is 1.83 bits per heavy atom. The summed E-state index contributed by atoms with van der Waals surface area (Å²) in [6.45, 7) is 1.58. The third-order valence-corrected chi connectivity index (χ3v) is 13.7. The molecule has 2 aromatic carbocycles. The van der Waals surface area contributed by atoms with E-state index in [4.69, 9.17) is 4.74 Å². The molecule has 3 aromatic rings. The molecule has 7 rings (SSSR count). The Labute approximate surface area is 303 Å². The monoisotopic (exact) mass is 759 g/mol. The highest BCUT2D eigenvalue weighted by atomic mass is 32.2. The van der Waals surface area contributed by atoms with Gasteiger partial charge in [0.1, 0.15) is 23.7 Å². The molecule has 0 bridgehead atoms. The van der Waals surface area contributed by atoms with Crippen LogP contribution in [0.25, 0.3) is 10.2 Å². The van der Waals surface area contributed by atoms with E-state index in [0.717, 1.165) is 35.2 Å². The van der Waals surface area contributed by atoms with Crippen LogP contribution in [-0.2, 0) is 30.6 Å². The molecule has 16 heteroatoms. The van der Waals surface area contributed by atoms with Crippen molar-refractivity contribution in [1.29, 1.82) is 0 Å². The molecule has 11 nitrogen and oxygen atoms in total. The molecule has 5 atom stereocenters. The molecule has 3 amide bonds. The molecule has 3 fully saturated rings. The van der Waals surface area contributed by atoms with Gasteiger partial charge in [0.15, 0.2) is 0 Å². The van der Waals surface area contributed by atoms with Gasteiger partial charge in [-0.3, -0.25) is 19.1 Å². The molecule has 0 radical (unpaired) electrons. The van der Waals surface area contributed by atoms with Crippen LogP contribution in [0.2, 0.25) is 0 Å². The van der Waals surface area contributed by atoms with Gasteiger partial charge in [-0.15, -0.1) is 0 Å². The lowest BCUT2D eigenvalue weighted by molar-refractivity contribution is -0.140. The van der Waals surface area contributed by atoms with Crippen LogP contribution in [0.3, 0.4) is 0 Å². The van der Waals surface area contributed by atoms with Crippen LogP contribution in [0.5, 0.6) is 5.19 Å². The van der Waals surface area contributed by atoms with Gasteiger partial charge in [0, 0.05) is 18.0 Å². The van der Waals surface area contributed by atoms with Gasteiger partial charge in [0.2, 0.25) is 21.8 Å². The maximum absolute atomic E-state index is 14.5. The molecule has 4 aliphatic rings. The summed E-state index contributed by atoms with van der Waals surface area (Å²) in [5, 5.41) is 6.34. The second-order valence-corrected chi connectivity index (χ2v) is 17.6. The minimum absolute atomic E-state index is 0.00724. The molecular weight excluding hydrogens is 720 g/mol. The van der Waals surface area contributed by atoms with E-state index in [2.05, 4.69) is 20.3 Å². The van der Waals surface area contributed by atoms with Crippen molar-refractivity contribution < 1.29 is 40.7 Å². The molecule has 1 aromatic heterocycles. The second-order valence-electron chi connectivity index (χ2n) is 14.4. The van der Waals surface area contributed by atoms with E-state index in [9.17, 15) is 36.0 Å². The fourth-order valence-corrected chi connectivity index (χ4v) is 9.14. The first-order chi connectivity index (χ1) is 24.7. The van der Waals surface area contributed by atoms with Gasteiger partial charge < -0.3 is 20.3 Å². The fraction of sp³-hybridized carbons (Fsp3) is 0.500. The van der Waals surface area contributed by atoms with E-state index in [1.54, 1.807) is 6.92 Å². The molecular formula is C36H40F3N5O6S2. The summed E-state index contributed by atoms with van der Waals surface area (Å²) >= 11 is 1.33. The number of halogens is 3. The predicted octanol–water partition coefficient (Wildman–Crippen LogP) is 5.54. The van der Waals surface area contributed by atoms with Gasteiger partial charge in [-0.1, -0.05) is 48.5 Å². The van der Waals surface area contributed by atoms with Gasteiger partial charge in [0.05, 0.1) is 27.1 Å². The zero-order valence-electron chi connectivity index (χ0n) is 28.4. The molecule has 3 heterocycles. The average Bonchev–Trinajstić information content (AvgIpc) is 3.90. The Bertz CT molecular complexity index is 1970. The molecule has 1 saturated heterocycles. The van der Waals surface area contributed by atoms with Crippen molar-refractivity contribution in [3.63, 3.8) is 0 Å². The quantitative estimate of drug-likeness (QED) is 0.267. The van der Waals surface area contributed by atoms with Crippen molar-refractivity contribution in [2.45, 2.75) is 99.4 Å². The first-order valence-electron chi connectivity index (χ1n) is 17.5. The van der Waals surface area contributed by atoms with Gasteiger partial charge in [0.25, 0.3) is 11.1 Å². The number of amides is 3. The molecule has 278 valence electrons. The number of aromatic nitrogens is 1. The lowest BCUT2D eigenvalue weighted by atomic mass is 10.0. The van der Waals surface area contributed by atoms with Crippen LogP contribution < -0.4 is 20.1 Å². The number of ether oxygens (including phenoxy) is 1. The largest absolute Gasteiger partial charge is 0.465 e. The molecule has 52 heavy (non-hydrogen) atoms. The van der Waals surface area contributed by atoms with Crippen LogP contribution in [0.15, 0.2) is 60.7 Å². The summed E-state index contributed by atoms with van der Waals surface area (Å²) in [7, 11) is -3.99. The number of carbonyl (C=O) groups is 3. The summed E-state index contributed by atoms with van der Waals surface area (Å²) in [5.41, 5.74) is -1.29. The van der Waals surface area contributed by atoms with Crippen molar-refractivity contribution >= 4 is 55.0 Å². The number of hydrogen-bond donors (Lipinski definition) is 3. The summed E-state index contributed by atoms with van der Waals surface area (Å²) in [6.07, 6.45) is 2.87. The average molecular weight is 760 g/mol. The molecule has 2 aliphatic carbocycles. The maximum atomic E-state index is 14.5. The number of anilines is 1. The van der Waals surface area contributed by atoms with Gasteiger partial charge in [-0.05, 0) is 81.8 Å². The molecule has 0 spiro atoms. The number of para-hydroxylation sites is 1. The van der Waals surface area contributed by atoms with Crippen LogP contribution in [0.4, 0.5) is 18.9 Å². The number of carbonyl (C=O) groups excluding carboxylic acids is 3. The van der Waals surface area contributed by atoms with E-state index < -0.39 is 73.9 Å². The van der Waals surface area contributed by atoms with E-state index in [0.29, 0.717) is 43.0 Å². The molecule has 2 saturated carbocycles. The smallest absolute Gasteiger partial charge is 0.416 e. The first-order valence-corrected chi connectivity index (χ1v) is 19.8. The minimum Gasteiger partial charge on any atom is -0.465 e. The first kappa shape index (κ1) is 36.2. The van der Waals surface area contributed by atoms with Gasteiger partial charge in [-0.2, -0.15) is 13.2 Å². The van der Waals surface area contributed by atoms with Crippen LogP contribution in [0, 0.1) is 5.92 Å². The topological polar surface area (TPSA) is 147 Å². The van der Waals surface area contributed by atoms with Crippen molar-refractivity contribution in [2.24, 2.45) is 5.92 Å². The SMILES string of the molecule is CC1(S(=O)(=O)NC(=O)[C@@]23C[C@H]2/C=C\CCCCC[C@H](Nc2ccc(C(F)(F)F)cc2)C(=O)N2C[C@H](Oc4nc5ccccc5s4)C[C@H]2C(=O)N3)CC1. The second kappa shape index (κ2) is 13.7. The number of hydrogen-bond acceptors (Lipinski definition) is 9. The summed E-state index contributed by atoms with van der Waals surface area (Å²) < 4.78 is 74.3. The molecule has 2 aliphatic heterocycles. The lowest BCUT2D eigenvalue weighted by Crippen LogP contribution is -2.58. The zero-order chi connectivity index (χ0) is 36.9. The highest BCUT2D eigenvalue weighted by Crippen LogP contribution is 2.47. The molecule has 3 N–H and O–H groups in total. The Balaban J connectivity index is 1.18. The van der Waals surface area contributed by atoms with E-state index in [1.165, 1.54) is 28.4 Å². The van der Waals surface area contributed by atoms with Crippen LogP contribution in [0.1, 0.15) is 70.3 Å². The Hall–Kier alpha value is -4.18. The number of alkyl halides is 3. The van der Waals surface area contributed by atoms with Crippen molar-refractivity contribution in [2.75, 3.05) is 11.9 Å². The van der Waals surface area contributed by atoms with E-state index in [1.807, 2.05) is 36.4 Å². The number of nitrogens with zero attached hydrogens (tertiary/aromatic N) is 2. The number of fused-ring (bicyclic) bond motifs is 3. The normalized spacial score (nSPS) is 28.4. The van der Waals surface area contributed by atoms with Gasteiger partial charge in [-0.25, -0.2) is 13.4 Å². The lowest BCUT2D eigenvalue weighted by Gasteiger charge is -2.30. The number of benzene rings is 2. The predicted molar refractivity (Wildman–Crippen MR) is 189 cm³/mol. The Morgan fingerprint density at radius 3 is 2.54 bits per heavy atom. The number of sulfonamides is 1. The third kappa shape index (κ3) is 7.36. The maximum Gasteiger partial charge on any atom is 0.416 e. The number of allylic oxidation sites excluding steroid dienone is 1. The van der Waals surface area contributed by atoms with Gasteiger partial charge >= 0.3 is 6.18 Å². The van der Waals surface area contributed by atoms with Crippen molar-refractivity contribution in [3.8, 4) is 5.19 Å². The van der Waals surface area contributed by atoms with Crippen LogP contribution >= 0.6 is 11.3 Å². The highest BCUT2D eigenvalue weighted by molar-refractivity contribution is 7.91. The standard InChI is InChI=1S/C36H40F3N5O6S2/c1-34(17-18-34)52(48,49)43-32(47)35-20-23(35)9-5-3-2-4-6-11-27(40-24-15-13-22(14-16-24)36(37,38)39)31(46)44-21-25(19-28(44)30(45)42-35)50-33-41-26-10-7-8-12-29(26)51-33/h5,7-10,12-16,23,25,27-28,40H,2-4,6,11,17-21H2,1H3,(H,42,45)(H,43,47)/b9-5-/t23-,25-,27+,28+,35-/m1/s1. The van der Waals surface area contributed by atoms with Crippen molar-refractivity contribution in [3.05, 3.63) is 66.2 Å². The Kier molecular flexibility index (Phi) is 9.51. The minimum atomic E-state index is -4.52. The van der Waals surface area contributed by atoms with Crippen LogP contribution in [-0.4, -0.2) is 71.0 Å².